The minimum atomic E-state index is -5.61. The van der Waals surface area contributed by atoms with Crippen LogP contribution in [0.4, 0.5) is 26.3 Å². The molecule has 0 saturated carbocycles. The van der Waals surface area contributed by atoms with Gasteiger partial charge in [-0.2, -0.15) is 26.3 Å². The smallest absolute Gasteiger partial charge is 0.411 e. The minimum absolute atomic E-state index is 0.0973. The van der Waals surface area contributed by atoms with Crippen LogP contribution in [0.15, 0.2) is 277 Å². The minimum Gasteiger partial charge on any atom is -0.508 e. The van der Waals surface area contributed by atoms with E-state index < -0.39 is 34.6 Å². The molecule has 6 N–H and O–H groups in total. The molecule has 11 aromatic carbocycles. The molecule has 0 heterocycles. The van der Waals surface area contributed by atoms with Crippen molar-refractivity contribution in [1.29, 1.82) is 0 Å². The van der Waals surface area contributed by atoms with Gasteiger partial charge < -0.3 is 35.4 Å². The maximum atomic E-state index is 13.7. The maximum Gasteiger partial charge on any atom is 0.411 e. The van der Waals surface area contributed by atoms with E-state index in [0.717, 1.165) is 64.3 Å². The highest BCUT2D eigenvalue weighted by atomic mass is 35.5. The van der Waals surface area contributed by atoms with Gasteiger partial charge in [0.15, 0.2) is 0 Å². The first kappa shape index (κ1) is 76.3. The van der Waals surface area contributed by atoms with E-state index in [1.165, 1.54) is 51.1 Å². The zero-order valence-electron chi connectivity index (χ0n) is 56.3. The van der Waals surface area contributed by atoms with Crippen molar-refractivity contribution in [2.75, 3.05) is 7.11 Å². The Morgan fingerprint density at radius 1 is 0.333 bits per heavy atom. The molecule has 514 valence electrons. The third-order valence-corrected chi connectivity index (χ3v) is 18.2. The van der Waals surface area contributed by atoms with Gasteiger partial charge in [0.25, 0.3) is 0 Å². The monoisotopic (exact) mass is 1380 g/mol. The predicted octanol–water partition coefficient (Wildman–Crippen LogP) is 22.6. The second kappa shape index (κ2) is 33.0. The van der Waals surface area contributed by atoms with Gasteiger partial charge in [0.2, 0.25) is 5.41 Å². The van der Waals surface area contributed by atoms with Gasteiger partial charge in [-0.1, -0.05) is 256 Å². The first-order chi connectivity index (χ1) is 46.8. The molecular weight excluding hydrogens is 1310 g/mol. The number of phenols is 6. The van der Waals surface area contributed by atoms with Crippen molar-refractivity contribution in [2.45, 2.75) is 95.8 Å². The van der Waals surface area contributed by atoms with Crippen LogP contribution < -0.4 is 4.74 Å². The van der Waals surface area contributed by atoms with Crippen LogP contribution in [-0.4, -0.2) is 50.1 Å². The van der Waals surface area contributed by atoms with Crippen molar-refractivity contribution in [3.63, 3.8) is 0 Å². The summed E-state index contributed by atoms with van der Waals surface area (Å²) in [6.45, 7) is 16.6. The van der Waals surface area contributed by atoms with Crippen molar-refractivity contribution in [1.82, 2.24) is 0 Å². The quantitative estimate of drug-likeness (QED) is 0.0501. The van der Waals surface area contributed by atoms with Gasteiger partial charge in [0.1, 0.15) is 44.7 Å². The highest BCUT2D eigenvalue weighted by Gasteiger charge is 2.72. The molecule has 15 heteroatoms. The largest absolute Gasteiger partial charge is 0.508 e. The Balaban J connectivity index is 0.000000175. The highest BCUT2D eigenvalue weighted by molar-refractivity contribution is 6.59. The van der Waals surface area contributed by atoms with E-state index in [4.69, 9.17) is 27.9 Å². The number of hydrogen-bond acceptors (Lipinski definition) is 7. The first-order valence-electron chi connectivity index (χ1n) is 31.7. The average molecular weight is 1390 g/mol. The fourth-order valence-electron chi connectivity index (χ4n) is 11.5. The summed E-state index contributed by atoms with van der Waals surface area (Å²) in [7, 11) is 1.67. The Hall–Kier alpha value is -10.1. The molecule has 0 saturated heterocycles. The van der Waals surface area contributed by atoms with Crippen LogP contribution >= 0.6 is 23.2 Å². The number of benzene rings is 11. The Morgan fingerprint density at radius 3 is 0.899 bits per heavy atom. The van der Waals surface area contributed by atoms with Crippen molar-refractivity contribution in [2.24, 2.45) is 0 Å². The molecule has 0 aromatic heterocycles. The predicted molar refractivity (Wildman–Crippen MR) is 387 cm³/mol. The van der Waals surface area contributed by atoms with Crippen molar-refractivity contribution in [3.8, 4) is 40.2 Å². The van der Waals surface area contributed by atoms with Gasteiger partial charge in [-0.05, 0) is 180 Å². The van der Waals surface area contributed by atoms with E-state index in [2.05, 4.69) is 102 Å². The summed E-state index contributed by atoms with van der Waals surface area (Å²) in [4.78, 5) is 0. The molecule has 11 aromatic rings. The van der Waals surface area contributed by atoms with Crippen molar-refractivity contribution < 1.29 is 61.7 Å². The summed E-state index contributed by atoms with van der Waals surface area (Å²) >= 11 is 11.9. The van der Waals surface area contributed by atoms with Gasteiger partial charge in [-0.25, -0.2) is 0 Å². The molecule has 0 aliphatic heterocycles. The first-order valence-corrected chi connectivity index (χ1v) is 32.4. The highest BCUT2D eigenvalue weighted by Crippen LogP contribution is 2.56. The lowest BCUT2D eigenvalue weighted by molar-refractivity contribution is -0.288. The molecule has 0 amide bonds. The zero-order valence-corrected chi connectivity index (χ0v) is 57.8. The van der Waals surface area contributed by atoms with Gasteiger partial charge in [-0.15, -0.1) is 0 Å². The topological polar surface area (TPSA) is 131 Å². The second-order valence-electron chi connectivity index (χ2n) is 24.8. The fraction of sp³-hybridized carbons (Fsp3) is 0.190. The lowest BCUT2D eigenvalue weighted by Gasteiger charge is -2.38. The summed E-state index contributed by atoms with van der Waals surface area (Å²) < 4.78 is 87.4. The molecular formula is C84H80Cl2F6O7. The molecule has 0 aliphatic rings. The van der Waals surface area contributed by atoms with Crippen LogP contribution in [0.25, 0.3) is 5.57 Å². The van der Waals surface area contributed by atoms with Gasteiger partial charge >= 0.3 is 12.4 Å². The number of methoxy groups -OCH3 is 1. The van der Waals surface area contributed by atoms with Crippen molar-refractivity contribution in [3.05, 3.63) is 355 Å². The van der Waals surface area contributed by atoms with Crippen molar-refractivity contribution >= 4 is 28.8 Å². The number of aromatic hydroxyl groups is 6. The summed E-state index contributed by atoms with van der Waals surface area (Å²) in [5.41, 5.74) is 7.37. The summed E-state index contributed by atoms with van der Waals surface area (Å²) in [5.74, 6) is 1.81. The van der Waals surface area contributed by atoms with E-state index in [9.17, 15) is 57.0 Å². The number of halogens is 8. The lowest BCUT2D eigenvalue weighted by Crippen LogP contribution is -2.54. The number of rotatable bonds is 13. The Labute approximate surface area is 585 Å². The van der Waals surface area contributed by atoms with Gasteiger partial charge in [0.05, 0.1) is 7.11 Å². The van der Waals surface area contributed by atoms with E-state index in [1.807, 2.05) is 97.9 Å². The molecule has 0 aliphatic carbocycles. The third kappa shape index (κ3) is 18.6. The number of phenolic OH excluding ortho intramolecular Hbond substituents is 6. The Kier molecular flexibility index (Phi) is 25.4. The van der Waals surface area contributed by atoms with Crippen LogP contribution in [0.3, 0.4) is 0 Å². The van der Waals surface area contributed by atoms with Crippen LogP contribution in [0, 0.1) is 20.8 Å². The number of alkyl halides is 6. The number of aryl methyl sites for hydroxylation is 3. The number of ether oxygens (including phenoxy) is 1. The number of hydrogen-bond donors (Lipinski definition) is 6. The van der Waals surface area contributed by atoms with Crippen LogP contribution in [0.5, 0.6) is 40.2 Å². The molecule has 0 fully saturated rings. The van der Waals surface area contributed by atoms with Gasteiger partial charge in [0, 0.05) is 21.8 Å². The average Bonchev–Trinajstić information content (AvgIpc) is 0.720. The molecule has 1 unspecified atom stereocenters. The van der Waals surface area contributed by atoms with Crippen LogP contribution in [0.1, 0.15) is 119 Å². The molecule has 0 radical (unpaired) electrons. The molecule has 0 bridgehead atoms. The lowest BCUT2D eigenvalue weighted by atomic mass is 9.71. The van der Waals surface area contributed by atoms with E-state index in [0.29, 0.717) is 29.2 Å². The molecule has 0 spiro atoms. The van der Waals surface area contributed by atoms with E-state index in [1.54, 1.807) is 86.8 Å². The summed E-state index contributed by atoms with van der Waals surface area (Å²) in [6.07, 6.45) is -10.3. The maximum absolute atomic E-state index is 13.7. The Morgan fingerprint density at radius 2 is 0.586 bits per heavy atom. The molecule has 11 rings (SSSR count). The SMILES string of the molecule is CCC(C)(c1ccc(O)cc1)c1ccc(O)cc1.COc1ccc(C(C)(C)c2ccc(O)cc2)cc1.Cc1ccc(C(=C(Cl)Cl)c2ccc(O)cc2)cc1.Cc1ccc(C(C)(c2ccccc2)c2ccc(O)cc2)cc1.Cc1ccc(C(c2ccc(O)cc2)(C(F)(F)F)C(F)(F)F)cc1. The normalized spacial score (nSPS) is 12.1. The molecule has 1 atom stereocenters. The molecule has 99 heavy (non-hydrogen) atoms. The zero-order chi connectivity index (χ0) is 72.5. The van der Waals surface area contributed by atoms with Crippen LogP contribution in [-0.2, 0) is 21.7 Å². The van der Waals surface area contributed by atoms with Crippen LogP contribution in [0.2, 0.25) is 0 Å². The molecule has 7 nitrogen and oxygen atoms in total. The van der Waals surface area contributed by atoms with E-state index in [-0.39, 0.29) is 38.0 Å². The van der Waals surface area contributed by atoms with E-state index >= 15 is 0 Å². The standard InChI is InChI=1S/C21H20O.C16H12F6O.2C16H18O2.C15H12Cl2O/c1-16-8-10-18(11-9-16)21(2,17-6-4-3-5-7-17)19-12-14-20(22)15-13-19;1-10-2-4-11(5-3-10)14(15(17,18)19,16(20,21)22)12-6-8-13(23)9-7-12;1-16(2,12-4-8-14(17)9-5-12)13-6-10-15(18-3)11-7-13;1-3-16(2,12-4-8-14(17)9-5-12)13-6-10-15(18)11-7-13;1-10-2-4-11(5-3-10)14(15(16)17)12-6-8-13(18)9-7-12/h3-15,22H,1-2H3;2-9,23H,1H3;4-11,17H,1-3H3;4-11,17-18H,3H2,1-2H3;2-9,18H,1H3. The summed E-state index contributed by atoms with van der Waals surface area (Å²) in [6, 6.07) is 78.5. The fourth-order valence-corrected chi connectivity index (χ4v) is 11.9. The summed E-state index contributed by atoms with van der Waals surface area (Å²) in [5, 5.41) is 56.2. The van der Waals surface area contributed by atoms with Gasteiger partial charge in [-0.3, -0.25) is 0 Å². The second-order valence-corrected chi connectivity index (χ2v) is 25.7. The Bertz CT molecular complexity index is 4130. The third-order valence-electron chi connectivity index (χ3n) is 17.9.